The van der Waals surface area contributed by atoms with Gasteiger partial charge in [-0.1, -0.05) is 0 Å². The smallest absolute Gasteiger partial charge is 0.406 e. The number of carbonyl (C=O) groups excluding carboxylic acids is 1. The second kappa shape index (κ2) is 7.47. The van der Waals surface area contributed by atoms with Gasteiger partial charge in [0.2, 0.25) is 0 Å². The molecule has 158 valence electrons. The van der Waals surface area contributed by atoms with Gasteiger partial charge in [0, 0.05) is 36.1 Å². The van der Waals surface area contributed by atoms with Gasteiger partial charge < -0.3 is 15.4 Å². The fourth-order valence-electron chi connectivity index (χ4n) is 3.67. The van der Waals surface area contributed by atoms with E-state index in [1.165, 1.54) is 12.1 Å². The lowest BCUT2D eigenvalue weighted by Gasteiger charge is -2.31. The Balaban J connectivity index is 1.45. The Kier molecular flexibility index (Phi) is 4.96. The maximum absolute atomic E-state index is 13.5. The van der Waals surface area contributed by atoms with E-state index >= 15 is 0 Å². The van der Waals surface area contributed by atoms with Crippen LogP contribution in [-0.4, -0.2) is 45.4 Å². The summed E-state index contributed by atoms with van der Waals surface area (Å²) < 4.78 is 54.3. The summed E-state index contributed by atoms with van der Waals surface area (Å²) in [5, 5.41) is 7.66. The van der Waals surface area contributed by atoms with Gasteiger partial charge in [0.1, 0.15) is 11.6 Å². The number of hydrogen-bond acceptors (Lipinski definition) is 5. The van der Waals surface area contributed by atoms with E-state index in [1.807, 2.05) is 0 Å². The van der Waals surface area contributed by atoms with Crippen molar-refractivity contribution in [2.24, 2.45) is 0 Å². The molecule has 1 aliphatic heterocycles. The van der Waals surface area contributed by atoms with E-state index in [2.05, 4.69) is 19.9 Å². The summed E-state index contributed by atoms with van der Waals surface area (Å²) in [6, 6.07) is 4.64. The molecule has 4 rings (SSSR count). The SMILES string of the molecule is Nc1cc(OC(F)(F)F)ccc1C(=O)N1CCC(c2n[nH]c3ncc(F)cc23)CC1. The Labute approximate surface area is 167 Å². The number of nitrogen functional groups attached to an aromatic ring is 1. The number of rotatable bonds is 3. The number of benzene rings is 1. The molecular formula is C19H17F4N5O2. The number of carbonyl (C=O) groups is 1. The highest BCUT2D eigenvalue weighted by atomic mass is 19.4. The summed E-state index contributed by atoms with van der Waals surface area (Å²) >= 11 is 0. The summed E-state index contributed by atoms with van der Waals surface area (Å²) in [5.74, 6) is -1.29. The lowest BCUT2D eigenvalue weighted by molar-refractivity contribution is -0.274. The molecule has 0 saturated carbocycles. The first-order chi connectivity index (χ1) is 14.2. The summed E-state index contributed by atoms with van der Waals surface area (Å²) in [7, 11) is 0. The van der Waals surface area contributed by atoms with Crippen LogP contribution in [0.1, 0.15) is 34.8 Å². The van der Waals surface area contributed by atoms with Crippen molar-refractivity contribution in [3.05, 3.63) is 47.5 Å². The molecule has 0 aliphatic carbocycles. The van der Waals surface area contributed by atoms with Gasteiger partial charge in [-0.2, -0.15) is 5.10 Å². The Bertz CT molecular complexity index is 1090. The van der Waals surface area contributed by atoms with Crippen molar-refractivity contribution in [1.29, 1.82) is 0 Å². The first-order valence-corrected chi connectivity index (χ1v) is 9.15. The number of ether oxygens (including phenoxy) is 1. The number of pyridine rings is 1. The topological polar surface area (TPSA) is 97.1 Å². The number of likely N-dealkylation sites (tertiary alicyclic amines) is 1. The van der Waals surface area contributed by atoms with Crippen LogP contribution in [0, 0.1) is 5.82 Å². The molecule has 1 amide bonds. The zero-order valence-corrected chi connectivity index (χ0v) is 15.5. The molecule has 0 bridgehead atoms. The van der Waals surface area contributed by atoms with Gasteiger partial charge in [-0.3, -0.25) is 9.89 Å². The van der Waals surface area contributed by atoms with Crippen LogP contribution < -0.4 is 10.5 Å². The van der Waals surface area contributed by atoms with E-state index in [-0.39, 0.29) is 23.1 Å². The van der Waals surface area contributed by atoms with Gasteiger partial charge in [-0.15, -0.1) is 13.2 Å². The molecule has 2 aromatic heterocycles. The number of anilines is 1. The molecule has 3 N–H and O–H groups in total. The molecule has 1 aromatic carbocycles. The number of H-pyrrole nitrogens is 1. The second-order valence-corrected chi connectivity index (χ2v) is 7.02. The van der Waals surface area contributed by atoms with Gasteiger partial charge in [0.15, 0.2) is 5.65 Å². The van der Waals surface area contributed by atoms with E-state index in [4.69, 9.17) is 5.73 Å². The highest BCUT2D eigenvalue weighted by molar-refractivity contribution is 5.99. The standard InChI is InChI=1S/C19H17F4N5O2/c20-11-7-14-16(26-27-17(14)25-9-11)10-3-5-28(6-4-10)18(29)13-2-1-12(8-15(13)24)30-19(21,22)23/h1-2,7-10H,3-6,24H2,(H,25,26,27). The van der Waals surface area contributed by atoms with Crippen molar-refractivity contribution in [1.82, 2.24) is 20.1 Å². The number of aromatic nitrogens is 3. The number of fused-ring (bicyclic) bond motifs is 1. The minimum Gasteiger partial charge on any atom is -0.406 e. The number of piperidine rings is 1. The minimum atomic E-state index is -4.84. The van der Waals surface area contributed by atoms with Crippen LogP contribution in [0.15, 0.2) is 30.5 Å². The number of amides is 1. The maximum atomic E-state index is 13.5. The first kappa shape index (κ1) is 19.9. The molecule has 1 saturated heterocycles. The maximum Gasteiger partial charge on any atom is 0.573 e. The lowest BCUT2D eigenvalue weighted by Crippen LogP contribution is -2.38. The van der Waals surface area contributed by atoms with Crippen molar-refractivity contribution in [2.75, 3.05) is 18.8 Å². The number of nitrogens with two attached hydrogens (primary N) is 1. The van der Waals surface area contributed by atoms with Gasteiger partial charge in [0.05, 0.1) is 17.5 Å². The Morgan fingerprint density at radius 2 is 1.97 bits per heavy atom. The number of hydrogen-bond donors (Lipinski definition) is 2. The van der Waals surface area contributed by atoms with Gasteiger partial charge in [-0.25, -0.2) is 9.37 Å². The van der Waals surface area contributed by atoms with Gasteiger partial charge >= 0.3 is 6.36 Å². The molecular weight excluding hydrogens is 406 g/mol. The second-order valence-electron chi connectivity index (χ2n) is 7.02. The van der Waals surface area contributed by atoms with Crippen LogP contribution in [0.4, 0.5) is 23.2 Å². The number of halogens is 4. The van der Waals surface area contributed by atoms with Crippen molar-refractivity contribution >= 4 is 22.6 Å². The summed E-state index contributed by atoms with van der Waals surface area (Å²) in [6.07, 6.45) is -2.54. The summed E-state index contributed by atoms with van der Waals surface area (Å²) in [5.41, 5.74) is 7.00. The zero-order chi connectivity index (χ0) is 21.5. The Morgan fingerprint density at radius 3 is 2.63 bits per heavy atom. The number of alkyl halides is 3. The Hall–Kier alpha value is -3.37. The predicted molar refractivity (Wildman–Crippen MR) is 99.3 cm³/mol. The number of nitrogens with zero attached hydrogens (tertiary/aromatic N) is 3. The van der Waals surface area contributed by atoms with Crippen molar-refractivity contribution in [3.8, 4) is 5.75 Å². The van der Waals surface area contributed by atoms with Crippen LogP contribution in [0.3, 0.4) is 0 Å². The molecule has 0 spiro atoms. The highest BCUT2D eigenvalue weighted by Gasteiger charge is 2.32. The fraction of sp³-hybridized carbons (Fsp3) is 0.316. The molecule has 0 unspecified atom stereocenters. The summed E-state index contributed by atoms with van der Waals surface area (Å²) in [6.45, 7) is 0.807. The van der Waals surface area contributed by atoms with Crippen LogP contribution >= 0.6 is 0 Å². The normalized spacial score (nSPS) is 15.5. The molecule has 30 heavy (non-hydrogen) atoms. The lowest BCUT2D eigenvalue weighted by atomic mass is 9.91. The van der Waals surface area contributed by atoms with Crippen molar-refractivity contribution in [2.45, 2.75) is 25.1 Å². The molecule has 11 heteroatoms. The van der Waals surface area contributed by atoms with E-state index in [0.717, 1.165) is 18.3 Å². The van der Waals surface area contributed by atoms with Crippen LogP contribution in [0.5, 0.6) is 5.75 Å². The molecule has 0 radical (unpaired) electrons. The van der Waals surface area contributed by atoms with Crippen molar-refractivity contribution < 1.29 is 27.1 Å². The minimum absolute atomic E-state index is 0.0197. The quantitative estimate of drug-likeness (QED) is 0.496. The van der Waals surface area contributed by atoms with Gasteiger partial charge in [-0.05, 0) is 31.0 Å². The number of aromatic amines is 1. The highest BCUT2D eigenvalue weighted by Crippen LogP contribution is 2.33. The Morgan fingerprint density at radius 1 is 1.23 bits per heavy atom. The van der Waals surface area contributed by atoms with Crippen LogP contribution in [0.25, 0.3) is 11.0 Å². The molecule has 7 nitrogen and oxygen atoms in total. The predicted octanol–water partition coefficient (Wildman–Crippen LogP) is 3.60. The summed E-state index contributed by atoms with van der Waals surface area (Å²) in [4.78, 5) is 18.3. The first-order valence-electron chi connectivity index (χ1n) is 9.15. The monoisotopic (exact) mass is 423 g/mol. The molecule has 3 aromatic rings. The van der Waals surface area contributed by atoms with Crippen LogP contribution in [-0.2, 0) is 0 Å². The average molecular weight is 423 g/mol. The molecule has 0 atom stereocenters. The third-order valence-corrected chi connectivity index (χ3v) is 5.07. The van der Waals surface area contributed by atoms with E-state index in [0.29, 0.717) is 42.7 Å². The zero-order valence-electron chi connectivity index (χ0n) is 15.5. The fourth-order valence-corrected chi connectivity index (χ4v) is 3.67. The van der Waals surface area contributed by atoms with E-state index in [9.17, 15) is 22.4 Å². The molecule has 3 heterocycles. The molecule has 1 fully saturated rings. The largest absolute Gasteiger partial charge is 0.573 e. The van der Waals surface area contributed by atoms with E-state index in [1.54, 1.807) is 4.90 Å². The molecule has 1 aliphatic rings. The van der Waals surface area contributed by atoms with E-state index < -0.39 is 17.9 Å². The third-order valence-electron chi connectivity index (χ3n) is 5.07. The van der Waals surface area contributed by atoms with Crippen molar-refractivity contribution in [3.63, 3.8) is 0 Å². The average Bonchev–Trinajstić information content (AvgIpc) is 3.09. The van der Waals surface area contributed by atoms with Crippen LogP contribution in [0.2, 0.25) is 0 Å². The number of nitrogens with one attached hydrogen (secondary N) is 1. The third kappa shape index (κ3) is 4.00. The van der Waals surface area contributed by atoms with Gasteiger partial charge in [0.25, 0.3) is 5.91 Å².